The molecule has 3 nitrogen and oxygen atoms in total. The van der Waals surface area contributed by atoms with Crippen molar-refractivity contribution in [2.45, 2.75) is 6.92 Å². The van der Waals surface area contributed by atoms with E-state index in [1.165, 1.54) is 33.0 Å². The summed E-state index contributed by atoms with van der Waals surface area (Å²) >= 11 is 0. The molecule has 0 amide bonds. The summed E-state index contributed by atoms with van der Waals surface area (Å²) in [6, 6.07) is 42.2. The average Bonchev–Trinajstić information content (AvgIpc) is 3.52. The van der Waals surface area contributed by atoms with Crippen LogP contribution in [0.2, 0.25) is 0 Å². The molecule has 0 radical (unpaired) electrons. The monoisotopic (exact) mass is 530 g/mol. The van der Waals surface area contributed by atoms with Gasteiger partial charge in [0.25, 0.3) is 0 Å². The number of hydrogen-bond donors (Lipinski definition) is 0. The number of benzene rings is 6. The van der Waals surface area contributed by atoms with E-state index in [1.54, 1.807) is 0 Å². The Kier molecular flexibility index (Phi) is 4.25. The lowest BCUT2D eigenvalue weighted by Crippen LogP contribution is -2.33. The molecule has 0 saturated heterocycles. The molecule has 0 spiro atoms. The van der Waals surface area contributed by atoms with Gasteiger partial charge in [0.15, 0.2) is 7.14 Å². The molecule has 6 aromatic carbocycles. The van der Waals surface area contributed by atoms with Crippen LogP contribution in [-0.2, 0) is 4.57 Å². The molecular formula is C36H23N2OP. The molecule has 4 heteroatoms. The van der Waals surface area contributed by atoms with Crippen molar-refractivity contribution >= 4 is 44.9 Å². The van der Waals surface area contributed by atoms with Crippen molar-refractivity contribution < 1.29 is 4.57 Å². The third kappa shape index (κ3) is 2.66. The number of nitrogens with zero attached hydrogens (tertiary/aromatic N) is 2. The van der Waals surface area contributed by atoms with Crippen LogP contribution in [0.4, 0.5) is 0 Å². The highest BCUT2D eigenvalue weighted by atomic mass is 31.2. The quantitative estimate of drug-likeness (QED) is 0.214. The molecule has 2 heterocycles. The van der Waals surface area contributed by atoms with Crippen LogP contribution in [0, 0.1) is 6.92 Å². The van der Waals surface area contributed by atoms with Crippen LogP contribution in [0.15, 0.2) is 121 Å². The summed E-state index contributed by atoms with van der Waals surface area (Å²) in [5, 5.41) is 5.09. The van der Waals surface area contributed by atoms with Crippen molar-refractivity contribution in [2.75, 3.05) is 0 Å². The highest BCUT2D eigenvalue weighted by Crippen LogP contribution is 2.52. The second-order valence-electron chi connectivity index (χ2n) is 10.7. The summed E-state index contributed by atoms with van der Waals surface area (Å²) in [5.41, 5.74) is 10.2. The summed E-state index contributed by atoms with van der Waals surface area (Å²) in [5.74, 6) is 0.902. The molecule has 1 atom stereocenters. The Bertz CT molecular complexity index is 2230. The molecule has 1 aliphatic heterocycles. The Morgan fingerprint density at radius 1 is 0.625 bits per heavy atom. The van der Waals surface area contributed by atoms with E-state index in [0.717, 1.165) is 49.6 Å². The van der Waals surface area contributed by atoms with E-state index < -0.39 is 7.14 Å². The van der Waals surface area contributed by atoms with Crippen molar-refractivity contribution in [1.82, 2.24) is 9.55 Å². The fourth-order valence-corrected chi connectivity index (χ4v) is 10.0. The maximum absolute atomic E-state index is 15.5. The maximum atomic E-state index is 15.5. The highest BCUT2D eigenvalue weighted by Gasteiger charge is 2.39. The van der Waals surface area contributed by atoms with Gasteiger partial charge in [-0.05, 0) is 75.3 Å². The summed E-state index contributed by atoms with van der Waals surface area (Å²) in [6.07, 6.45) is 0. The Labute approximate surface area is 231 Å². The smallest absolute Gasteiger partial charge is 0.175 e. The Morgan fingerprint density at radius 3 is 2.15 bits per heavy atom. The zero-order valence-electron chi connectivity index (χ0n) is 21.8. The molecular weight excluding hydrogens is 507 g/mol. The molecule has 1 aromatic heterocycles. The zero-order chi connectivity index (χ0) is 26.6. The van der Waals surface area contributed by atoms with Gasteiger partial charge in [-0.25, -0.2) is 4.98 Å². The minimum Gasteiger partial charge on any atom is -0.308 e. The van der Waals surface area contributed by atoms with Crippen molar-refractivity contribution in [3.8, 4) is 39.1 Å². The maximum Gasteiger partial charge on any atom is 0.175 e. The van der Waals surface area contributed by atoms with E-state index in [1.807, 2.05) is 55.5 Å². The van der Waals surface area contributed by atoms with Gasteiger partial charge >= 0.3 is 0 Å². The second kappa shape index (κ2) is 7.69. The molecule has 40 heavy (non-hydrogen) atoms. The van der Waals surface area contributed by atoms with E-state index in [0.29, 0.717) is 0 Å². The van der Waals surface area contributed by atoms with Crippen LogP contribution in [0.1, 0.15) is 5.82 Å². The van der Waals surface area contributed by atoms with E-state index in [4.69, 9.17) is 4.98 Å². The topological polar surface area (TPSA) is 34.9 Å². The first-order valence-electron chi connectivity index (χ1n) is 13.6. The molecule has 1 unspecified atom stereocenters. The van der Waals surface area contributed by atoms with Gasteiger partial charge in [-0.2, -0.15) is 0 Å². The molecule has 7 aromatic rings. The summed E-state index contributed by atoms with van der Waals surface area (Å²) < 4.78 is 17.7. The normalized spacial score (nSPS) is 16.3. The Hall–Kier alpha value is -4.72. The molecule has 188 valence electrons. The van der Waals surface area contributed by atoms with Crippen molar-refractivity contribution in [2.24, 2.45) is 0 Å². The van der Waals surface area contributed by atoms with Gasteiger partial charge in [0.1, 0.15) is 5.82 Å². The SMILES string of the molecule is Cc1nc2cccc3c2n1-c1ccc(-c2ccc4c5c(cccc25)-c2ccccc2-4)cc1P3(=O)c1ccccc1. The summed E-state index contributed by atoms with van der Waals surface area (Å²) in [4.78, 5) is 4.85. The highest BCUT2D eigenvalue weighted by molar-refractivity contribution is 7.86. The van der Waals surface area contributed by atoms with E-state index >= 15 is 4.57 Å². The number of aryl methyl sites for hydroxylation is 1. The van der Waals surface area contributed by atoms with Crippen LogP contribution in [0.3, 0.4) is 0 Å². The first-order chi connectivity index (χ1) is 19.6. The minimum absolute atomic E-state index is 0.849. The fraction of sp³-hybridized carbons (Fsp3) is 0.0278. The predicted molar refractivity (Wildman–Crippen MR) is 166 cm³/mol. The minimum atomic E-state index is -3.17. The van der Waals surface area contributed by atoms with E-state index in [2.05, 4.69) is 77.4 Å². The number of aromatic nitrogens is 2. The Balaban J connectivity index is 1.36. The second-order valence-corrected chi connectivity index (χ2v) is 13.4. The summed E-state index contributed by atoms with van der Waals surface area (Å²) in [7, 11) is -3.17. The molecule has 1 aliphatic carbocycles. The van der Waals surface area contributed by atoms with Crippen molar-refractivity contribution in [3.63, 3.8) is 0 Å². The van der Waals surface area contributed by atoms with Gasteiger partial charge in [0.05, 0.1) is 16.7 Å². The molecule has 0 fully saturated rings. The predicted octanol–water partition coefficient (Wildman–Crippen LogP) is 7.75. The van der Waals surface area contributed by atoms with Gasteiger partial charge in [0.2, 0.25) is 0 Å². The molecule has 0 bridgehead atoms. The third-order valence-corrected chi connectivity index (χ3v) is 11.8. The first kappa shape index (κ1) is 22.1. The van der Waals surface area contributed by atoms with Crippen LogP contribution in [0.25, 0.3) is 60.9 Å². The molecule has 0 N–H and O–H groups in total. The number of rotatable bonds is 2. The lowest BCUT2D eigenvalue weighted by atomic mass is 9.94. The molecule has 2 aliphatic rings. The van der Waals surface area contributed by atoms with Gasteiger partial charge in [-0.1, -0.05) is 97.1 Å². The third-order valence-electron chi connectivity index (χ3n) is 8.70. The van der Waals surface area contributed by atoms with Crippen LogP contribution in [0.5, 0.6) is 0 Å². The van der Waals surface area contributed by atoms with E-state index in [-0.39, 0.29) is 0 Å². The lowest BCUT2D eigenvalue weighted by Gasteiger charge is -2.29. The van der Waals surface area contributed by atoms with Crippen molar-refractivity contribution in [3.05, 3.63) is 127 Å². The van der Waals surface area contributed by atoms with Gasteiger partial charge < -0.3 is 4.57 Å². The standard InChI is InChI=1S/C36H23N2OP/c1-22-37-31-15-8-16-33-36(31)38(22)32-20-17-23(21-34(32)40(33,39)24-9-3-2-4-10-24)25-18-19-30-27-12-6-5-11-26(27)29-14-7-13-28(25)35(29)30/h2-21H,1H3. The van der Waals surface area contributed by atoms with Gasteiger partial charge in [-0.3, -0.25) is 4.57 Å². The van der Waals surface area contributed by atoms with Gasteiger partial charge in [0, 0.05) is 15.9 Å². The molecule has 9 rings (SSSR count). The van der Waals surface area contributed by atoms with Crippen molar-refractivity contribution in [1.29, 1.82) is 0 Å². The number of imidazole rings is 1. The average molecular weight is 531 g/mol. The van der Waals surface area contributed by atoms with Crippen LogP contribution >= 0.6 is 7.14 Å². The van der Waals surface area contributed by atoms with Crippen LogP contribution < -0.4 is 15.9 Å². The lowest BCUT2D eigenvalue weighted by molar-refractivity contribution is 0.592. The zero-order valence-corrected chi connectivity index (χ0v) is 22.7. The molecule has 0 saturated carbocycles. The summed E-state index contributed by atoms with van der Waals surface area (Å²) in [6.45, 7) is 2.03. The van der Waals surface area contributed by atoms with Gasteiger partial charge in [-0.15, -0.1) is 0 Å². The number of para-hydroxylation sites is 1. The largest absolute Gasteiger partial charge is 0.308 e. The number of hydrogen-bond acceptors (Lipinski definition) is 2. The first-order valence-corrected chi connectivity index (χ1v) is 15.3. The van der Waals surface area contributed by atoms with Crippen LogP contribution in [-0.4, -0.2) is 9.55 Å². The van der Waals surface area contributed by atoms with E-state index in [9.17, 15) is 0 Å². The Morgan fingerprint density at radius 2 is 1.32 bits per heavy atom. The number of fused-ring (bicyclic) bond motifs is 5. The fourth-order valence-electron chi connectivity index (χ4n) is 7.01.